The Labute approximate surface area is 208 Å². The van der Waals surface area contributed by atoms with Crippen LogP contribution in [0.2, 0.25) is 0 Å². The zero-order valence-corrected chi connectivity index (χ0v) is 20.2. The van der Waals surface area contributed by atoms with Crippen LogP contribution in [0.15, 0.2) is 96.7 Å². The van der Waals surface area contributed by atoms with Crippen molar-refractivity contribution in [2.45, 2.75) is 45.4 Å². The minimum atomic E-state index is -2.87. The number of hydrogen-bond acceptors (Lipinski definition) is 3. The Bertz CT molecular complexity index is 1150. The van der Waals surface area contributed by atoms with E-state index in [0.29, 0.717) is 11.4 Å². The Morgan fingerprint density at radius 1 is 0.917 bits per heavy atom. The lowest BCUT2D eigenvalue weighted by molar-refractivity contribution is -0.115. The number of hydrogen-bond donors (Lipinski definition) is 1. The Morgan fingerprint density at radius 3 is 1.97 bits per heavy atom. The fourth-order valence-electron chi connectivity index (χ4n) is 3.74. The lowest BCUT2D eigenvalue weighted by atomic mass is 10.1. The molecule has 4 nitrogen and oxygen atoms in total. The van der Waals surface area contributed by atoms with Gasteiger partial charge in [0.1, 0.15) is 5.75 Å². The Kier molecular flexibility index (Phi) is 8.74. The molecule has 1 aliphatic rings. The molecule has 3 aromatic carbocycles. The number of nitrogens with zero attached hydrogens (tertiary/aromatic N) is 1. The van der Waals surface area contributed by atoms with Gasteiger partial charge in [0.15, 0.2) is 0 Å². The molecule has 2 unspecified atom stereocenters. The van der Waals surface area contributed by atoms with E-state index in [1.807, 2.05) is 50.3 Å². The number of rotatable bonds is 7. The molecular formula is C28H28F4N2O2. The van der Waals surface area contributed by atoms with Crippen LogP contribution in [0.5, 0.6) is 5.75 Å². The fraction of sp³-hybridized carbons (Fsp3) is 0.250. The average Bonchev–Trinajstić information content (AvgIpc) is 3.13. The monoisotopic (exact) mass is 500 g/mol. The van der Waals surface area contributed by atoms with Gasteiger partial charge in [-0.2, -0.15) is 8.78 Å². The average molecular weight is 501 g/mol. The topological polar surface area (TPSA) is 41.6 Å². The number of nitrogens with one attached hydrogen (secondary N) is 1. The first-order valence-corrected chi connectivity index (χ1v) is 11.4. The van der Waals surface area contributed by atoms with Crippen LogP contribution in [0, 0.1) is 0 Å². The number of alkyl halides is 4. The largest absolute Gasteiger partial charge is 0.435 e. The number of carbonyl (C=O) groups is 1. The Hall–Kier alpha value is -3.81. The van der Waals surface area contributed by atoms with Gasteiger partial charge in [-0.15, -0.1) is 0 Å². The summed E-state index contributed by atoms with van der Waals surface area (Å²) >= 11 is 0. The van der Waals surface area contributed by atoms with Crippen molar-refractivity contribution in [1.82, 2.24) is 5.32 Å². The first kappa shape index (κ1) is 26.8. The van der Waals surface area contributed by atoms with E-state index in [1.54, 1.807) is 35.2 Å². The van der Waals surface area contributed by atoms with Gasteiger partial charge in [-0.1, -0.05) is 60.7 Å². The van der Waals surface area contributed by atoms with Crippen LogP contribution in [-0.4, -0.2) is 18.6 Å². The van der Waals surface area contributed by atoms with Crippen molar-refractivity contribution in [2.75, 3.05) is 4.90 Å². The van der Waals surface area contributed by atoms with Crippen LogP contribution >= 0.6 is 0 Å². The summed E-state index contributed by atoms with van der Waals surface area (Å²) in [5.41, 5.74) is 2.31. The third kappa shape index (κ3) is 7.10. The second-order valence-corrected chi connectivity index (χ2v) is 8.40. The number of ether oxygens (including phenoxy) is 1. The molecule has 36 heavy (non-hydrogen) atoms. The van der Waals surface area contributed by atoms with Gasteiger partial charge in [-0.05, 0) is 49.8 Å². The van der Waals surface area contributed by atoms with E-state index in [1.165, 1.54) is 24.3 Å². The molecule has 0 fully saturated rings. The molecule has 1 aliphatic heterocycles. The van der Waals surface area contributed by atoms with Gasteiger partial charge in [0, 0.05) is 24.2 Å². The van der Waals surface area contributed by atoms with E-state index >= 15 is 0 Å². The molecule has 0 saturated carbocycles. The van der Waals surface area contributed by atoms with E-state index < -0.39 is 12.5 Å². The van der Waals surface area contributed by atoms with E-state index in [0.717, 1.165) is 12.5 Å². The molecule has 0 aliphatic carbocycles. The summed E-state index contributed by atoms with van der Waals surface area (Å²) in [5, 5.41) is 3.26. The Balaban J connectivity index is 0.000000303. The molecule has 4 rings (SSSR count). The van der Waals surface area contributed by atoms with E-state index in [9.17, 15) is 22.4 Å². The summed E-state index contributed by atoms with van der Waals surface area (Å²) in [5.74, 6) is -2.80. The van der Waals surface area contributed by atoms with E-state index in [-0.39, 0.29) is 29.3 Å². The number of carbonyl (C=O) groups excluding carboxylic acids is 1. The minimum Gasteiger partial charge on any atom is -0.435 e. The molecule has 0 radical (unpaired) electrons. The van der Waals surface area contributed by atoms with Crippen LogP contribution in [0.4, 0.5) is 23.2 Å². The smallest absolute Gasteiger partial charge is 0.387 e. The normalized spacial score (nSPS) is 16.2. The number of benzene rings is 3. The van der Waals surface area contributed by atoms with Crippen molar-refractivity contribution in [3.63, 3.8) is 0 Å². The molecule has 8 heteroatoms. The molecular weight excluding hydrogens is 472 g/mol. The Morgan fingerprint density at radius 2 is 1.47 bits per heavy atom. The van der Waals surface area contributed by atoms with Gasteiger partial charge >= 0.3 is 6.61 Å². The van der Waals surface area contributed by atoms with Gasteiger partial charge in [0.05, 0.1) is 11.7 Å². The fourth-order valence-corrected chi connectivity index (χ4v) is 3.74. The quantitative estimate of drug-likeness (QED) is 0.353. The molecule has 190 valence electrons. The second kappa shape index (κ2) is 11.7. The molecule has 1 amide bonds. The van der Waals surface area contributed by atoms with Crippen LogP contribution in [0.1, 0.15) is 37.9 Å². The second-order valence-electron chi connectivity index (χ2n) is 8.40. The summed E-state index contributed by atoms with van der Waals surface area (Å²) in [7, 11) is 0. The molecule has 2 atom stereocenters. The van der Waals surface area contributed by atoms with Crippen molar-refractivity contribution >= 4 is 11.6 Å². The number of anilines is 1. The SMILES string of the molecule is CC(F)(F)c1ccccc1.CC(NC1=CC(C)N(c2ccc(OC(F)F)cc2)C1=O)c1ccccc1. The highest BCUT2D eigenvalue weighted by Crippen LogP contribution is 2.29. The van der Waals surface area contributed by atoms with Crippen molar-refractivity contribution in [2.24, 2.45) is 0 Å². The molecule has 0 bridgehead atoms. The minimum absolute atomic E-state index is 0.0135. The number of halogens is 4. The summed E-state index contributed by atoms with van der Waals surface area (Å²) in [6.07, 6.45) is 1.87. The van der Waals surface area contributed by atoms with E-state index in [4.69, 9.17) is 0 Å². The van der Waals surface area contributed by atoms with Crippen molar-refractivity contribution in [3.8, 4) is 5.75 Å². The maximum Gasteiger partial charge on any atom is 0.387 e. The highest BCUT2D eigenvalue weighted by Gasteiger charge is 2.31. The van der Waals surface area contributed by atoms with Crippen molar-refractivity contribution in [3.05, 3.63) is 108 Å². The van der Waals surface area contributed by atoms with Gasteiger partial charge in [-0.25, -0.2) is 8.78 Å². The summed E-state index contributed by atoms with van der Waals surface area (Å²) in [4.78, 5) is 14.4. The zero-order chi connectivity index (χ0) is 26.3. The van der Waals surface area contributed by atoms with Crippen LogP contribution < -0.4 is 15.0 Å². The molecule has 3 aromatic rings. The molecule has 0 saturated heterocycles. The van der Waals surface area contributed by atoms with Crippen molar-refractivity contribution in [1.29, 1.82) is 0 Å². The standard InChI is InChI=1S/C20H20F2N2O2.C8H8F2/c1-13-12-18(23-14(2)15-6-4-3-5-7-15)19(25)24(13)16-8-10-17(11-9-16)26-20(21)22;1-8(9,10)7-5-3-2-4-6-7/h3-14,20,23H,1-2H3;2-6H,1H3. The van der Waals surface area contributed by atoms with Crippen molar-refractivity contribution < 1.29 is 27.1 Å². The summed E-state index contributed by atoms with van der Waals surface area (Å²) in [6, 6.07) is 23.5. The third-order valence-corrected chi connectivity index (χ3v) is 5.56. The highest BCUT2D eigenvalue weighted by molar-refractivity contribution is 6.08. The molecule has 1 heterocycles. The summed E-state index contributed by atoms with van der Waals surface area (Å²) in [6.45, 7) is 1.92. The van der Waals surface area contributed by atoms with Gasteiger partial charge < -0.3 is 15.0 Å². The maximum absolute atomic E-state index is 12.8. The maximum atomic E-state index is 12.8. The van der Waals surface area contributed by atoms with Gasteiger partial charge in [0.25, 0.3) is 11.8 Å². The lowest BCUT2D eigenvalue weighted by Gasteiger charge is -2.23. The highest BCUT2D eigenvalue weighted by atomic mass is 19.3. The molecule has 0 aromatic heterocycles. The predicted octanol–water partition coefficient (Wildman–Crippen LogP) is 7.06. The van der Waals surface area contributed by atoms with Crippen LogP contribution in [-0.2, 0) is 10.7 Å². The van der Waals surface area contributed by atoms with Crippen LogP contribution in [0.25, 0.3) is 0 Å². The molecule has 1 N–H and O–H groups in total. The summed E-state index contributed by atoms with van der Waals surface area (Å²) < 4.78 is 53.8. The lowest BCUT2D eigenvalue weighted by Crippen LogP contribution is -2.35. The van der Waals surface area contributed by atoms with Gasteiger partial charge in [-0.3, -0.25) is 4.79 Å². The predicted molar refractivity (Wildman–Crippen MR) is 132 cm³/mol. The molecule has 0 spiro atoms. The third-order valence-electron chi connectivity index (χ3n) is 5.56. The van der Waals surface area contributed by atoms with Crippen LogP contribution in [0.3, 0.4) is 0 Å². The number of amides is 1. The first-order chi connectivity index (χ1) is 17.1. The first-order valence-electron chi connectivity index (χ1n) is 11.4. The zero-order valence-electron chi connectivity index (χ0n) is 20.2. The van der Waals surface area contributed by atoms with E-state index in [2.05, 4.69) is 10.1 Å². The van der Waals surface area contributed by atoms with Gasteiger partial charge in [0.2, 0.25) is 0 Å².